The summed E-state index contributed by atoms with van der Waals surface area (Å²) < 4.78 is 5.10. The third-order valence-corrected chi connectivity index (χ3v) is 2.25. The molecule has 0 saturated carbocycles. The fraction of sp³-hybridized carbons (Fsp3) is 0.308. The van der Waals surface area contributed by atoms with Crippen LogP contribution >= 0.6 is 0 Å². The summed E-state index contributed by atoms with van der Waals surface area (Å²) in [5, 5.41) is 2.77. The fourth-order valence-corrected chi connectivity index (χ4v) is 1.39. The number of terminal acetylenes is 1. The van der Waals surface area contributed by atoms with E-state index in [1.807, 2.05) is 0 Å². The van der Waals surface area contributed by atoms with Gasteiger partial charge in [-0.2, -0.15) is 0 Å². The molecule has 0 bridgehead atoms. The number of carbonyl (C=O) groups is 1. The lowest BCUT2D eigenvalue weighted by Crippen LogP contribution is -2.25. The van der Waals surface area contributed by atoms with Crippen LogP contribution in [0.1, 0.15) is 23.2 Å². The number of rotatable bonds is 5. The largest absolute Gasteiger partial charge is 0.496 e. The summed E-state index contributed by atoms with van der Waals surface area (Å²) in [6.07, 6.45) is 6.53. The quantitative estimate of drug-likeness (QED) is 0.458. The maximum Gasteiger partial charge on any atom is 0.255 e. The molecule has 1 aromatic rings. The molecule has 0 fully saturated rings. The number of nitrogens with two attached hydrogens (primary N) is 1. The highest BCUT2D eigenvalue weighted by atomic mass is 16.5. The SMILES string of the molecule is C#CCCCNC(=O)c1cc(N)ccc1OC. The molecule has 0 heterocycles. The number of amides is 1. The molecule has 3 N–H and O–H groups in total. The third kappa shape index (κ3) is 3.72. The van der Waals surface area contributed by atoms with Crippen molar-refractivity contribution in [1.29, 1.82) is 0 Å². The molecule has 1 amide bonds. The van der Waals surface area contributed by atoms with E-state index in [-0.39, 0.29) is 5.91 Å². The van der Waals surface area contributed by atoms with Gasteiger partial charge in [-0.3, -0.25) is 4.79 Å². The molecular formula is C13H16N2O2. The molecule has 0 aliphatic rings. The van der Waals surface area contributed by atoms with E-state index in [2.05, 4.69) is 11.2 Å². The standard InChI is InChI=1S/C13H16N2O2/c1-3-4-5-8-15-13(16)11-9-10(14)6-7-12(11)17-2/h1,6-7,9H,4-5,8,14H2,2H3,(H,15,16). The lowest BCUT2D eigenvalue weighted by molar-refractivity contribution is 0.0950. The van der Waals surface area contributed by atoms with Crippen molar-refractivity contribution in [1.82, 2.24) is 5.32 Å². The molecule has 0 saturated heterocycles. The molecule has 0 aliphatic carbocycles. The second-order valence-corrected chi connectivity index (χ2v) is 3.52. The smallest absolute Gasteiger partial charge is 0.255 e. The molecule has 4 heteroatoms. The van der Waals surface area contributed by atoms with Crippen molar-refractivity contribution in [3.63, 3.8) is 0 Å². The first-order valence-electron chi connectivity index (χ1n) is 5.34. The summed E-state index contributed by atoms with van der Waals surface area (Å²) in [6, 6.07) is 4.95. The molecule has 0 atom stereocenters. The molecule has 1 rings (SSSR count). The van der Waals surface area contributed by atoms with Gasteiger partial charge in [0, 0.05) is 18.7 Å². The maximum atomic E-state index is 11.8. The predicted octanol–water partition coefficient (Wildman–Crippen LogP) is 1.42. The molecule has 0 radical (unpaired) electrons. The first-order chi connectivity index (χ1) is 8.19. The van der Waals surface area contributed by atoms with Crippen LogP contribution in [0.25, 0.3) is 0 Å². The van der Waals surface area contributed by atoms with Crippen LogP contribution in [0.3, 0.4) is 0 Å². The molecule has 1 aromatic carbocycles. The Bertz CT molecular complexity index is 436. The Morgan fingerprint density at radius 3 is 3.00 bits per heavy atom. The van der Waals surface area contributed by atoms with E-state index in [1.165, 1.54) is 7.11 Å². The predicted molar refractivity (Wildman–Crippen MR) is 67.8 cm³/mol. The van der Waals surface area contributed by atoms with Crippen molar-refractivity contribution >= 4 is 11.6 Å². The Hall–Kier alpha value is -2.15. The van der Waals surface area contributed by atoms with Gasteiger partial charge in [-0.1, -0.05) is 0 Å². The second-order valence-electron chi connectivity index (χ2n) is 3.52. The molecular weight excluding hydrogens is 216 g/mol. The number of unbranched alkanes of at least 4 members (excludes halogenated alkanes) is 1. The monoisotopic (exact) mass is 232 g/mol. The first-order valence-corrected chi connectivity index (χ1v) is 5.34. The van der Waals surface area contributed by atoms with Crippen molar-refractivity contribution < 1.29 is 9.53 Å². The molecule has 0 spiro atoms. The number of hydrogen-bond donors (Lipinski definition) is 2. The highest BCUT2D eigenvalue weighted by molar-refractivity contribution is 5.97. The van der Waals surface area contributed by atoms with E-state index in [9.17, 15) is 4.79 Å². The zero-order chi connectivity index (χ0) is 12.7. The average molecular weight is 232 g/mol. The minimum Gasteiger partial charge on any atom is -0.496 e. The zero-order valence-electron chi connectivity index (χ0n) is 9.82. The van der Waals surface area contributed by atoms with Gasteiger partial charge in [0.2, 0.25) is 0 Å². The lowest BCUT2D eigenvalue weighted by Gasteiger charge is -2.09. The number of methoxy groups -OCH3 is 1. The Morgan fingerprint density at radius 2 is 2.35 bits per heavy atom. The number of nitrogens with one attached hydrogen (secondary N) is 1. The summed E-state index contributed by atoms with van der Waals surface area (Å²) in [5.74, 6) is 2.82. The highest BCUT2D eigenvalue weighted by Crippen LogP contribution is 2.20. The zero-order valence-corrected chi connectivity index (χ0v) is 9.82. The van der Waals surface area contributed by atoms with E-state index in [0.717, 1.165) is 6.42 Å². The van der Waals surface area contributed by atoms with Crippen molar-refractivity contribution in [2.45, 2.75) is 12.8 Å². The Labute approximate surface area is 101 Å². The minimum atomic E-state index is -0.203. The van der Waals surface area contributed by atoms with Crippen molar-refractivity contribution in [2.75, 3.05) is 19.4 Å². The molecule has 0 aromatic heterocycles. The van der Waals surface area contributed by atoms with Gasteiger partial charge in [0.15, 0.2) is 0 Å². The Kier molecular flexibility index (Phi) is 4.89. The van der Waals surface area contributed by atoms with Gasteiger partial charge in [0.25, 0.3) is 5.91 Å². The molecule has 0 aliphatic heterocycles. The van der Waals surface area contributed by atoms with E-state index in [0.29, 0.717) is 30.0 Å². The van der Waals surface area contributed by atoms with Crippen LogP contribution in [0.15, 0.2) is 18.2 Å². The van der Waals surface area contributed by atoms with Gasteiger partial charge >= 0.3 is 0 Å². The normalized spacial score (nSPS) is 9.41. The number of benzene rings is 1. The van der Waals surface area contributed by atoms with Crippen LogP contribution in [0.5, 0.6) is 5.75 Å². The van der Waals surface area contributed by atoms with Gasteiger partial charge in [0.05, 0.1) is 12.7 Å². The Morgan fingerprint density at radius 1 is 1.59 bits per heavy atom. The van der Waals surface area contributed by atoms with Crippen molar-refractivity contribution in [3.05, 3.63) is 23.8 Å². The molecule has 0 unspecified atom stereocenters. The topological polar surface area (TPSA) is 64.4 Å². The number of ether oxygens (including phenoxy) is 1. The van der Waals surface area contributed by atoms with Crippen LogP contribution < -0.4 is 15.8 Å². The van der Waals surface area contributed by atoms with E-state index in [4.69, 9.17) is 16.9 Å². The second kappa shape index (κ2) is 6.44. The molecule has 17 heavy (non-hydrogen) atoms. The van der Waals surface area contributed by atoms with Crippen LogP contribution in [0, 0.1) is 12.3 Å². The van der Waals surface area contributed by atoms with E-state index < -0.39 is 0 Å². The van der Waals surface area contributed by atoms with Crippen LogP contribution in [0.4, 0.5) is 5.69 Å². The van der Waals surface area contributed by atoms with Crippen LogP contribution in [0.2, 0.25) is 0 Å². The number of hydrogen-bond acceptors (Lipinski definition) is 3. The molecule has 90 valence electrons. The summed E-state index contributed by atoms with van der Waals surface area (Å²) in [5.41, 5.74) is 6.60. The summed E-state index contributed by atoms with van der Waals surface area (Å²) in [4.78, 5) is 11.8. The van der Waals surface area contributed by atoms with Gasteiger partial charge < -0.3 is 15.8 Å². The van der Waals surface area contributed by atoms with Crippen molar-refractivity contribution in [3.8, 4) is 18.1 Å². The van der Waals surface area contributed by atoms with Crippen LogP contribution in [-0.4, -0.2) is 19.6 Å². The van der Waals surface area contributed by atoms with Gasteiger partial charge in [-0.25, -0.2) is 0 Å². The Balaban J connectivity index is 2.68. The van der Waals surface area contributed by atoms with Crippen LogP contribution in [-0.2, 0) is 0 Å². The average Bonchev–Trinajstić information content (AvgIpc) is 2.34. The summed E-state index contributed by atoms with van der Waals surface area (Å²) in [6.45, 7) is 0.543. The minimum absolute atomic E-state index is 0.203. The van der Waals surface area contributed by atoms with Gasteiger partial charge in [-0.15, -0.1) is 12.3 Å². The van der Waals surface area contributed by atoms with E-state index >= 15 is 0 Å². The van der Waals surface area contributed by atoms with Crippen molar-refractivity contribution in [2.24, 2.45) is 0 Å². The fourth-order valence-electron chi connectivity index (χ4n) is 1.39. The van der Waals surface area contributed by atoms with Gasteiger partial charge in [0.1, 0.15) is 5.75 Å². The first kappa shape index (κ1) is 12.9. The summed E-state index contributed by atoms with van der Waals surface area (Å²) >= 11 is 0. The highest BCUT2D eigenvalue weighted by Gasteiger charge is 2.11. The van der Waals surface area contributed by atoms with E-state index in [1.54, 1.807) is 18.2 Å². The number of anilines is 1. The number of nitrogen functional groups attached to an aromatic ring is 1. The molecule has 4 nitrogen and oxygen atoms in total. The third-order valence-electron chi connectivity index (χ3n) is 2.25. The summed E-state index contributed by atoms with van der Waals surface area (Å²) in [7, 11) is 1.51. The number of carbonyl (C=O) groups excluding carboxylic acids is 1. The van der Waals surface area contributed by atoms with Gasteiger partial charge in [-0.05, 0) is 24.6 Å². The maximum absolute atomic E-state index is 11.8. The lowest BCUT2D eigenvalue weighted by atomic mass is 10.1.